The van der Waals surface area contributed by atoms with Gasteiger partial charge in [0.1, 0.15) is 5.75 Å². The molecule has 0 bridgehead atoms. The second-order valence-electron chi connectivity index (χ2n) is 5.88. The Bertz CT molecular complexity index is 890. The van der Waals surface area contributed by atoms with Crippen molar-refractivity contribution in [1.82, 2.24) is 4.40 Å². The van der Waals surface area contributed by atoms with Crippen LogP contribution in [0.2, 0.25) is 0 Å². The normalized spacial score (nSPS) is 11.0. The zero-order valence-electron chi connectivity index (χ0n) is 14.0. The fraction of sp³-hybridized carbons (Fsp3) is 0.250. The van der Waals surface area contributed by atoms with Gasteiger partial charge in [0, 0.05) is 22.8 Å². The third kappa shape index (κ3) is 2.52. The van der Waals surface area contributed by atoms with E-state index in [0.717, 1.165) is 35.1 Å². The number of hydrogen-bond acceptors (Lipinski definition) is 2. The van der Waals surface area contributed by atoms with Crippen LogP contribution in [-0.2, 0) is 6.42 Å². The van der Waals surface area contributed by atoms with Crippen LogP contribution in [0, 0.1) is 13.8 Å². The molecule has 2 heterocycles. The van der Waals surface area contributed by atoms with Crippen LogP contribution in [0.4, 0.5) is 0 Å². The highest BCUT2D eigenvalue weighted by molar-refractivity contribution is 5.91. The quantitative estimate of drug-likeness (QED) is 0.659. The molecule has 0 N–H and O–H groups in total. The summed E-state index contributed by atoms with van der Waals surface area (Å²) in [5.74, 6) is 0.794. The molecule has 2 aromatic heterocycles. The van der Waals surface area contributed by atoms with Gasteiger partial charge in [0.05, 0.1) is 12.8 Å². The van der Waals surface area contributed by atoms with Crippen molar-refractivity contribution in [1.29, 1.82) is 0 Å². The first kappa shape index (κ1) is 15.3. The molecule has 0 saturated carbocycles. The predicted molar refractivity (Wildman–Crippen MR) is 93.6 cm³/mol. The van der Waals surface area contributed by atoms with Crippen LogP contribution in [0.1, 0.15) is 34.1 Å². The zero-order valence-corrected chi connectivity index (χ0v) is 14.0. The van der Waals surface area contributed by atoms with Crippen LogP contribution in [0.25, 0.3) is 16.6 Å². The number of benzene rings is 1. The van der Waals surface area contributed by atoms with Crippen LogP contribution in [-0.4, -0.2) is 17.8 Å². The summed E-state index contributed by atoms with van der Waals surface area (Å²) in [6, 6.07) is 10.3. The number of pyridine rings is 1. The van der Waals surface area contributed by atoms with E-state index in [1.54, 1.807) is 7.11 Å². The van der Waals surface area contributed by atoms with Gasteiger partial charge >= 0.3 is 0 Å². The second kappa shape index (κ2) is 5.92. The van der Waals surface area contributed by atoms with Gasteiger partial charge in [-0.2, -0.15) is 0 Å². The molecule has 3 heteroatoms. The number of fused-ring (bicyclic) bond motifs is 1. The summed E-state index contributed by atoms with van der Waals surface area (Å²) >= 11 is 0. The van der Waals surface area contributed by atoms with E-state index < -0.39 is 0 Å². The summed E-state index contributed by atoms with van der Waals surface area (Å²) in [6.45, 7) is 6.24. The van der Waals surface area contributed by atoms with Gasteiger partial charge in [-0.3, -0.25) is 4.79 Å². The van der Waals surface area contributed by atoms with Crippen molar-refractivity contribution < 1.29 is 9.53 Å². The van der Waals surface area contributed by atoms with E-state index >= 15 is 0 Å². The molecule has 0 fully saturated rings. The first-order valence-corrected chi connectivity index (χ1v) is 7.83. The van der Waals surface area contributed by atoms with Crippen LogP contribution in [0.3, 0.4) is 0 Å². The summed E-state index contributed by atoms with van der Waals surface area (Å²) in [6.07, 6.45) is 3.90. The number of carbonyl (C=O) groups is 1. The van der Waals surface area contributed by atoms with Crippen LogP contribution >= 0.6 is 0 Å². The summed E-state index contributed by atoms with van der Waals surface area (Å²) in [7, 11) is 1.67. The highest BCUT2D eigenvalue weighted by Gasteiger charge is 2.16. The molecule has 0 aliphatic carbocycles. The lowest BCUT2D eigenvalue weighted by atomic mass is 9.99. The lowest BCUT2D eigenvalue weighted by Gasteiger charge is -2.11. The minimum Gasteiger partial charge on any atom is -0.496 e. The molecule has 3 nitrogen and oxygen atoms in total. The van der Waals surface area contributed by atoms with E-state index in [9.17, 15) is 4.79 Å². The third-order valence-corrected chi connectivity index (χ3v) is 4.49. The van der Waals surface area contributed by atoms with Gasteiger partial charge in [-0.15, -0.1) is 0 Å². The van der Waals surface area contributed by atoms with Gasteiger partial charge in [0.25, 0.3) is 0 Å². The maximum absolute atomic E-state index is 11.8. The topological polar surface area (TPSA) is 30.7 Å². The van der Waals surface area contributed by atoms with Crippen molar-refractivity contribution in [3.63, 3.8) is 0 Å². The van der Waals surface area contributed by atoms with Crippen molar-refractivity contribution in [2.45, 2.75) is 27.2 Å². The zero-order chi connectivity index (χ0) is 16.6. The molecular formula is C20H21NO2. The molecule has 23 heavy (non-hydrogen) atoms. The van der Waals surface area contributed by atoms with Crippen molar-refractivity contribution in [2.24, 2.45) is 0 Å². The molecule has 0 aliphatic rings. The van der Waals surface area contributed by atoms with E-state index in [0.29, 0.717) is 5.69 Å². The van der Waals surface area contributed by atoms with Crippen molar-refractivity contribution >= 4 is 11.8 Å². The molecule has 0 spiro atoms. The van der Waals surface area contributed by atoms with Gasteiger partial charge in [-0.05, 0) is 61.2 Å². The Hall–Kier alpha value is -2.55. The highest BCUT2D eigenvalue weighted by Crippen LogP contribution is 2.36. The Labute approximate surface area is 136 Å². The van der Waals surface area contributed by atoms with E-state index in [1.165, 1.54) is 16.7 Å². The average molecular weight is 307 g/mol. The number of aryl methyl sites for hydroxylation is 3. The molecule has 0 saturated heterocycles. The number of rotatable bonds is 4. The molecule has 0 aliphatic heterocycles. The van der Waals surface area contributed by atoms with Crippen molar-refractivity contribution in [2.75, 3.05) is 7.11 Å². The summed E-state index contributed by atoms with van der Waals surface area (Å²) < 4.78 is 7.52. The maximum Gasteiger partial charge on any atom is 0.167 e. The largest absolute Gasteiger partial charge is 0.496 e. The first-order valence-electron chi connectivity index (χ1n) is 7.83. The monoisotopic (exact) mass is 307 g/mol. The van der Waals surface area contributed by atoms with Gasteiger partial charge in [0.2, 0.25) is 0 Å². The van der Waals surface area contributed by atoms with E-state index in [4.69, 9.17) is 4.74 Å². The summed E-state index contributed by atoms with van der Waals surface area (Å²) in [5.41, 5.74) is 7.11. The van der Waals surface area contributed by atoms with Gasteiger partial charge < -0.3 is 9.14 Å². The number of nitrogens with zero attached hydrogens (tertiary/aromatic N) is 1. The Kier molecular flexibility index (Phi) is 3.95. The standard InChI is InChI=1S/C20H21NO2/c1-5-15-6-7-16-10-17(19(12-22)21(16)11-15)18-8-13(2)14(3)9-20(18)23-4/h6-12H,5H2,1-4H3. The SMILES string of the molecule is CCc1ccc2cc(-c3cc(C)c(C)cc3OC)c(C=O)n2c1. The molecule has 0 radical (unpaired) electrons. The second-order valence-corrected chi connectivity index (χ2v) is 5.88. The molecule has 3 rings (SSSR count). The first-order chi connectivity index (χ1) is 11.1. The minimum absolute atomic E-state index is 0.664. The Morgan fingerprint density at radius 2 is 1.83 bits per heavy atom. The fourth-order valence-electron chi connectivity index (χ4n) is 2.95. The maximum atomic E-state index is 11.8. The number of carbonyl (C=O) groups excluding carboxylic acids is 1. The summed E-state index contributed by atoms with van der Waals surface area (Å²) in [4.78, 5) is 11.8. The number of ether oxygens (including phenoxy) is 1. The summed E-state index contributed by atoms with van der Waals surface area (Å²) in [5, 5.41) is 0. The van der Waals surface area contributed by atoms with Gasteiger partial charge in [-0.1, -0.05) is 13.0 Å². The lowest BCUT2D eigenvalue weighted by molar-refractivity contribution is 0.111. The molecule has 1 aromatic carbocycles. The van der Waals surface area contributed by atoms with Crippen LogP contribution in [0.5, 0.6) is 5.75 Å². The van der Waals surface area contributed by atoms with E-state index in [2.05, 4.69) is 45.0 Å². The number of hydrogen-bond donors (Lipinski definition) is 0. The average Bonchev–Trinajstić information content (AvgIpc) is 2.94. The number of aromatic nitrogens is 1. The van der Waals surface area contributed by atoms with Crippen molar-refractivity contribution in [3.05, 3.63) is 58.9 Å². The van der Waals surface area contributed by atoms with Gasteiger partial charge in [0.15, 0.2) is 6.29 Å². The molecule has 0 unspecified atom stereocenters. The lowest BCUT2D eigenvalue weighted by Crippen LogP contribution is -1.96. The van der Waals surface area contributed by atoms with E-state index in [1.807, 2.05) is 16.7 Å². The van der Waals surface area contributed by atoms with Crippen LogP contribution in [0.15, 0.2) is 36.5 Å². The Balaban J connectivity index is 2.32. The predicted octanol–water partition coefficient (Wildman–Crippen LogP) is 4.61. The smallest absolute Gasteiger partial charge is 0.167 e. The Morgan fingerprint density at radius 3 is 2.48 bits per heavy atom. The molecule has 118 valence electrons. The molecular weight excluding hydrogens is 286 g/mol. The van der Waals surface area contributed by atoms with E-state index in [-0.39, 0.29) is 0 Å². The number of aldehydes is 1. The van der Waals surface area contributed by atoms with Gasteiger partial charge in [-0.25, -0.2) is 0 Å². The fourth-order valence-corrected chi connectivity index (χ4v) is 2.95. The number of methoxy groups -OCH3 is 1. The molecule has 0 amide bonds. The van der Waals surface area contributed by atoms with Crippen LogP contribution < -0.4 is 4.74 Å². The molecule has 0 atom stereocenters. The van der Waals surface area contributed by atoms with Crippen molar-refractivity contribution in [3.8, 4) is 16.9 Å². The minimum atomic E-state index is 0.664. The third-order valence-electron chi connectivity index (χ3n) is 4.49. The Morgan fingerprint density at radius 1 is 1.09 bits per heavy atom. The molecule has 3 aromatic rings. The highest BCUT2D eigenvalue weighted by atomic mass is 16.5.